The molecule has 4 rings (SSSR count). The summed E-state index contributed by atoms with van der Waals surface area (Å²) in [4.78, 5) is 45.5. The molecule has 1 spiro atoms. The van der Waals surface area contributed by atoms with E-state index in [1.165, 1.54) is 6.08 Å². The number of likely N-dealkylation sites (tertiary alicyclic amines) is 1. The largest absolute Gasteiger partial charge is 0.461 e. The first-order valence-corrected chi connectivity index (χ1v) is 14.3. The molecule has 0 aromatic heterocycles. The number of aliphatic hydroxyl groups is 1. The van der Waals surface area contributed by atoms with Crippen LogP contribution >= 0.6 is 23.4 Å². The van der Waals surface area contributed by atoms with Gasteiger partial charge in [0.15, 0.2) is 0 Å². The van der Waals surface area contributed by atoms with E-state index in [4.69, 9.17) is 16.3 Å². The average Bonchev–Trinajstić information content (AvgIpc) is 3.45. The van der Waals surface area contributed by atoms with Crippen molar-refractivity contribution < 1.29 is 24.2 Å². The molecule has 0 radical (unpaired) electrons. The maximum Gasteiger partial charge on any atom is 0.311 e. The lowest BCUT2D eigenvalue weighted by Crippen LogP contribution is -2.58. The van der Waals surface area contributed by atoms with Gasteiger partial charge in [-0.15, -0.1) is 18.3 Å². The minimum absolute atomic E-state index is 0.0578. The highest BCUT2D eigenvalue weighted by atomic mass is 35.5. The molecule has 2 bridgehead atoms. The van der Waals surface area contributed by atoms with Crippen molar-refractivity contribution in [3.05, 3.63) is 54.6 Å². The summed E-state index contributed by atoms with van der Waals surface area (Å²) < 4.78 is 4.12. The van der Waals surface area contributed by atoms with E-state index in [0.29, 0.717) is 30.0 Å². The Hall–Kier alpha value is -2.29. The molecule has 1 N–H and O–H groups in total. The molecule has 0 aliphatic carbocycles. The first kappa shape index (κ1) is 28.7. The van der Waals surface area contributed by atoms with Gasteiger partial charge in [-0.05, 0) is 44.2 Å². The minimum atomic E-state index is -0.879. The number of esters is 1. The molecule has 2 unspecified atom stereocenters. The lowest BCUT2D eigenvalue weighted by atomic mass is 9.66. The van der Waals surface area contributed by atoms with Gasteiger partial charge in [0.2, 0.25) is 5.91 Å². The molecule has 3 heterocycles. The number of benzene rings is 1. The summed E-state index contributed by atoms with van der Waals surface area (Å²) in [6.07, 6.45) is 4.94. The number of para-hydroxylation sites is 1. The predicted molar refractivity (Wildman–Crippen MR) is 151 cm³/mol. The van der Waals surface area contributed by atoms with Crippen LogP contribution in [0.1, 0.15) is 40.0 Å². The van der Waals surface area contributed by atoms with Crippen LogP contribution in [0.4, 0.5) is 5.69 Å². The van der Waals surface area contributed by atoms with Crippen LogP contribution in [-0.2, 0) is 19.1 Å². The van der Waals surface area contributed by atoms with E-state index in [9.17, 15) is 19.5 Å². The van der Waals surface area contributed by atoms with Gasteiger partial charge in [0.05, 0.1) is 39.9 Å². The van der Waals surface area contributed by atoms with Crippen molar-refractivity contribution in [2.24, 2.45) is 17.8 Å². The van der Waals surface area contributed by atoms with Crippen molar-refractivity contribution in [1.29, 1.82) is 0 Å². The first-order chi connectivity index (χ1) is 18.1. The van der Waals surface area contributed by atoms with Crippen LogP contribution in [0.5, 0.6) is 0 Å². The number of ether oxygens (including phenoxy) is 1. The zero-order chi connectivity index (χ0) is 27.8. The fourth-order valence-corrected chi connectivity index (χ4v) is 9.26. The van der Waals surface area contributed by atoms with Crippen molar-refractivity contribution in [3.8, 4) is 0 Å². The van der Waals surface area contributed by atoms with Gasteiger partial charge in [-0.25, -0.2) is 0 Å². The summed E-state index contributed by atoms with van der Waals surface area (Å²) in [6, 6.07) is 5.65. The van der Waals surface area contributed by atoms with Gasteiger partial charge in [0.25, 0.3) is 5.91 Å². The van der Waals surface area contributed by atoms with E-state index in [1.807, 2.05) is 20.8 Å². The van der Waals surface area contributed by atoms with Gasteiger partial charge in [-0.3, -0.25) is 14.4 Å². The SMILES string of the molecule is C=CCOC(=O)[C@H]1[C@H]2C(=O)N([C@@H](CO)CC(C)C)C(C(=O)N(CC=C)c3ccccc3Cl)C23CC[C@]1(C)S3. The zero-order valence-electron chi connectivity index (χ0n) is 22.3. The Morgan fingerprint density at radius 1 is 1.29 bits per heavy atom. The third-order valence-corrected chi connectivity index (χ3v) is 10.4. The van der Waals surface area contributed by atoms with Crippen LogP contribution in [0.25, 0.3) is 0 Å². The summed E-state index contributed by atoms with van der Waals surface area (Å²) in [5, 5.41) is 10.9. The van der Waals surface area contributed by atoms with Crippen LogP contribution < -0.4 is 4.90 Å². The van der Waals surface area contributed by atoms with Crippen molar-refractivity contribution in [2.75, 3.05) is 24.7 Å². The van der Waals surface area contributed by atoms with Gasteiger partial charge in [-0.1, -0.05) is 56.3 Å². The zero-order valence-corrected chi connectivity index (χ0v) is 23.8. The Bertz CT molecular complexity index is 1130. The number of halogens is 1. The number of rotatable bonds is 11. The Morgan fingerprint density at radius 2 is 2.00 bits per heavy atom. The van der Waals surface area contributed by atoms with Gasteiger partial charge in [-0.2, -0.15) is 0 Å². The van der Waals surface area contributed by atoms with E-state index in [2.05, 4.69) is 13.2 Å². The second-order valence-electron chi connectivity index (χ2n) is 11.0. The average molecular weight is 561 g/mol. The fraction of sp³-hybridized carbons (Fsp3) is 0.552. The molecule has 1 aromatic carbocycles. The third-order valence-electron chi connectivity index (χ3n) is 8.11. The van der Waals surface area contributed by atoms with Crippen molar-refractivity contribution in [1.82, 2.24) is 4.90 Å². The second-order valence-corrected chi connectivity index (χ2v) is 13.4. The van der Waals surface area contributed by atoms with E-state index < -0.39 is 39.4 Å². The van der Waals surface area contributed by atoms with Crippen LogP contribution in [0, 0.1) is 17.8 Å². The number of fused-ring (bicyclic) bond motifs is 1. The topological polar surface area (TPSA) is 87.1 Å². The highest BCUT2D eigenvalue weighted by molar-refractivity contribution is 8.02. The number of carbonyl (C=O) groups is 3. The molecule has 7 nitrogen and oxygen atoms in total. The fourth-order valence-electron chi connectivity index (χ4n) is 6.70. The minimum Gasteiger partial charge on any atom is -0.461 e. The summed E-state index contributed by atoms with van der Waals surface area (Å²) in [5.41, 5.74) is 0.529. The van der Waals surface area contributed by atoms with E-state index in [0.717, 1.165) is 0 Å². The van der Waals surface area contributed by atoms with Gasteiger partial charge in [0.1, 0.15) is 12.6 Å². The molecule has 3 saturated heterocycles. The molecule has 0 saturated carbocycles. The van der Waals surface area contributed by atoms with Crippen LogP contribution in [0.15, 0.2) is 49.6 Å². The highest BCUT2D eigenvalue weighted by Crippen LogP contribution is 2.72. The van der Waals surface area contributed by atoms with Crippen molar-refractivity contribution >= 4 is 46.8 Å². The van der Waals surface area contributed by atoms with E-state index in [1.54, 1.807) is 51.9 Å². The number of amides is 2. The Kier molecular flexibility index (Phi) is 8.36. The molecule has 2 amide bonds. The normalized spacial score (nSPS) is 30.3. The summed E-state index contributed by atoms with van der Waals surface area (Å²) in [6.45, 7) is 13.5. The van der Waals surface area contributed by atoms with E-state index >= 15 is 0 Å². The number of aliphatic hydroxyl groups excluding tert-OH is 1. The number of thioether (sulfide) groups is 1. The number of hydrogen-bond donors (Lipinski definition) is 1. The van der Waals surface area contributed by atoms with Crippen LogP contribution in [0.2, 0.25) is 5.02 Å². The molecule has 6 atom stereocenters. The molecular weight excluding hydrogens is 524 g/mol. The standard InChI is InChI=1S/C29H37ClN2O5S/c1-6-14-31(21-11-9-8-10-20(21)30)26(35)24-29-13-12-28(5,38-29)23(27(36)37-15-7-2)22(29)25(34)32(24)19(17-33)16-18(3)4/h6-11,18-19,22-24,33H,1-2,12-17H2,3-5H3/t19-,22+,23-,24?,28+,29?/m1/s1. The second kappa shape index (κ2) is 11.1. The van der Waals surface area contributed by atoms with Gasteiger partial charge < -0.3 is 19.6 Å². The highest BCUT2D eigenvalue weighted by Gasteiger charge is 2.78. The Balaban J connectivity index is 1.86. The molecule has 206 valence electrons. The number of nitrogens with zero attached hydrogens (tertiary/aromatic N) is 2. The molecular formula is C29H37ClN2O5S. The summed E-state index contributed by atoms with van der Waals surface area (Å²) in [7, 11) is 0. The van der Waals surface area contributed by atoms with Crippen molar-refractivity contribution in [2.45, 2.75) is 61.6 Å². The van der Waals surface area contributed by atoms with Gasteiger partial charge >= 0.3 is 5.97 Å². The van der Waals surface area contributed by atoms with Crippen LogP contribution in [0.3, 0.4) is 0 Å². The first-order valence-electron chi connectivity index (χ1n) is 13.1. The molecule has 3 aliphatic rings. The summed E-state index contributed by atoms with van der Waals surface area (Å²) in [5.74, 6) is -2.23. The lowest BCUT2D eigenvalue weighted by molar-refractivity contribution is -0.155. The van der Waals surface area contributed by atoms with Crippen molar-refractivity contribution in [3.63, 3.8) is 0 Å². The van der Waals surface area contributed by atoms with Gasteiger partial charge in [0, 0.05) is 11.3 Å². The third kappa shape index (κ3) is 4.58. The molecule has 9 heteroatoms. The quantitative estimate of drug-likeness (QED) is 0.317. The molecule has 1 aromatic rings. The number of anilines is 1. The summed E-state index contributed by atoms with van der Waals surface area (Å²) >= 11 is 8.10. The molecule has 3 fully saturated rings. The number of hydrogen-bond acceptors (Lipinski definition) is 6. The van der Waals surface area contributed by atoms with E-state index in [-0.39, 0.29) is 37.5 Å². The predicted octanol–water partition coefficient (Wildman–Crippen LogP) is 4.48. The lowest BCUT2D eigenvalue weighted by Gasteiger charge is -2.40. The molecule has 38 heavy (non-hydrogen) atoms. The maximum atomic E-state index is 14.6. The monoisotopic (exact) mass is 560 g/mol. The molecule has 3 aliphatic heterocycles. The van der Waals surface area contributed by atoms with Crippen LogP contribution in [-0.4, -0.2) is 69.1 Å². The number of carbonyl (C=O) groups excluding carboxylic acids is 3. The smallest absolute Gasteiger partial charge is 0.311 e. The Morgan fingerprint density at radius 3 is 2.61 bits per heavy atom. The Labute approximate surface area is 234 Å². The maximum absolute atomic E-state index is 14.6.